The molecular formula is C34H39ClN2O4. The van der Waals surface area contributed by atoms with Gasteiger partial charge in [0.05, 0.1) is 17.0 Å². The number of ketones is 1. The second-order valence-electron chi connectivity index (χ2n) is 12.0. The predicted molar refractivity (Wildman–Crippen MR) is 162 cm³/mol. The SMILES string of the molecule is CC(C)(C)C(=O)[C@@H](NC(=O)[C@H](Cc1ccc(O)c(Cl)c1)NC(=O)C(c1ccccc1)c1ccccc1)C1CCCC1. The molecule has 1 saturated carbocycles. The number of phenolic OH excluding ortho intramolecular Hbond substituents is 1. The first-order valence-electron chi connectivity index (χ1n) is 14.3. The zero-order valence-electron chi connectivity index (χ0n) is 23.9. The molecule has 3 aromatic rings. The molecule has 4 rings (SSSR count). The van der Waals surface area contributed by atoms with Gasteiger partial charge in [0, 0.05) is 11.8 Å². The van der Waals surface area contributed by atoms with Crippen molar-refractivity contribution in [2.45, 2.75) is 70.9 Å². The number of amides is 2. The molecule has 0 saturated heterocycles. The summed E-state index contributed by atoms with van der Waals surface area (Å²) in [6.07, 6.45) is 3.94. The Bertz CT molecular complexity index is 1310. The van der Waals surface area contributed by atoms with Gasteiger partial charge in [-0.3, -0.25) is 14.4 Å². The Morgan fingerprint density at radius 1 is 0.854 bits per heavy atom. The lowest BCUT2D eigenvalue weighted by Gasteiger charge is -2.31. The van der Waals surface area contributed by atoms with Crippen LogP contribution in [0.2, 0.25) is 5.02 Å². The average Bonchev–Trinajstić information content (AvgIpc) is 3.48. The number of rotatable bonds is 10. The van der Waals surface area contributed by atoms with Gasteiger partial charge in [0.2, 0.25) is 11.8 Å². The van der Waals surface area contributed by atoms with Gasteiger partial charge in [0.15, 0.2) is 5.78 Å². The number of Topliss-reactive ketones (excluding diaryl/α,β-unsaturated/α-hetero) is 1. The van der Waals surface area contributed by atoms with Crippen LogP contribution in [0.4, 0.5) is 0 Å². The first-order chi connectivity index (χ1) is 19.5. The van der Waals surface area contributed by atoms with E-state index in [1.165, 1.54) is 6.07 Å². The van der Waals surface area contributed by atoms with Crippen LogP contribution in [-0.4, -0.2) is 34.8 Å². The first kappa shape index (κ1) is 30.3. The molecular weight excluding hydrogens is 536 g/mol. The molecule has 0 spiro atoms. The second-order valence-corrected chi connectivity index (χ2v) is 12.4. The van der Waals surface area contributed by atoms with Crippen molar-refractivity contribution in [1.82, 2.24) is 10.6 Å². The van der Waals surface area contributed by atoms with Crippen molar-refractivity contribution < 1.29 is 19.5 Å². The van der Waals surface area contributed by atoms with Crippen LogP contribution in [0.5, 0.6) is 5.75 Å². The highest BCUT2D eigenvalue weighted by Gasteiger charge is 2.39. The molecule has 0 bridgehead atoms. The van der Waals surface area contributed by atoms with E-state index in [1.807, 2.05) is 81.4 Å². The van der Waals surface area contributed by atoms with Crippen LogP contribution < -0.4 is 10.6 Å². The van der Waals surface area contributed by atoms with Gasteiger partial charge < -0.3 is 15.7 Å². The van der Waals surface area contributed by atoms with Crippen molar-refractivity contribution in [2.75, 3.05) is 0 Å². The summed E-state index contributed by atoms with van der Waals surface area (Å²) in [6, 6.07) is 22.0. The topological polar surface area (TPSA) is 95.5 Å². The molecule has 2 atom stereocenters. The smallest absolute Gasteiger partial charge is 0.243 e. The third kappa shape index (κ3) is 7.76. The van der Waals surface area contributed by atoms with E-state index in [2.05, 4.69) is 10.6 Å². The highest BCUT2D eigenvalue weighted by molar-refractivity contribution is 6.32. The average molecular weight is 575 g/mol. The summed E-state index contributed by atoms with van der Waals surface area (Å²) in [7, 11) is 0. The normalized spacial score (nSPS) is 15.3. The van der Waals surface area contributed by atoms with Crippen LogP contribution >= 0.6 is 11.6 Å². The molecule has 1 aliphatic carbocycles. The predicted octanol–water partition coefficient (Wildman–Crippen LogP) is 6.20. The van der Waals surface area contributed by atoms with Gasteiger partial charge >= 0.3 is 0 Å². The van der Waals surface area contributed by atoms with Crippen molar-refractivity contribution >= 4 is 29.2 Å². The number of phenols is 1. The molecule has 0 unspecified atom stereocenters. The molecule has 0 heterocycles. The molecule has 1 fully saturated rings. The van der Waals surface area contributed by atoms with E-state index < -0.39 is 29.3 Å². The van der Waals surface area contributed by atoms with E-state index in [0.29, 0.717) is 5.56 Å². The largest absolute Gasteiger partial charge is 0.506 e. The molecule has 6 nitrogen and oxygen atoms in total. The molecule has 3 aromatic carbocycles. The molecule has 0 radical (unpaired) electrons. The molecule has 0 aromatic heterocycles. The van der Waals surface area contributed by atoms with Gasteiger partial charge in [-0.2, -0.15) is 0 Å². The Kier molecular flexibility index (Phi) is 9.87. The zero-order valence-corrected chi connectivity index (χ0v) is 24.7. The van der Waals surface area contributed by atoms with Gasteiger partial charge in [-0.1, -0.05) is 112 Å². The lowest BCUT2D eigenvalue weighted by atomic mass is 9.80. The number of hydrogen-bond acceptors (Lipinski definition) is 4. The first-order valence-corrected chi connectivity index (χ1v) is 14.6. The minimum atomic E-state index is -0.977. The van der Waals surface area contributed by atoms with Gasteiger partial charge in [-0.05, 0) is 47.6 Å². The summed E-state index contributed by atoms with van der Waals surface area (Å²) in [6.45, 7) is 5.60. The second kappa shape index (κ2) is 13.3. The van der Waals surface area contributed by atoms with Crippen LogP contribution in [0.3, 0.4) is 0 Å². The highest BCUT2D eigenvalue weighted by Crippen LogP contribution is 2.32. The summed E-state index contributed by atoms with van der Waals surface area (Å²) < 4.78 is 0. The summed E-state index contributed by atoms with van der Waals surface area (Å²) in [5.41, 5.74) is 1.64. The Morgan fingerprint density at radius 3 is 1.93 bits per heavy atom. The van der Waals surface area contributed by atoms with Gasteiger partial charge in [0.25, 0.3) is 0 Å². The number of halogens is 1. The highest BCUT2D eigenvalue weighted by atomic mass is 35.5. The van der Waals surface area contributed by atoms with E-state index >= 15 is 0 Å². The minimum absolute atomic E-state index is 0.0121. The fraction of sp³-hybridized carbons (Fsp3) is 0.382. The fourth-order valence-corrected chi connectivity index (χ4v) is 5.78. The van der Waals surface area contributed by atoms with Crippen LogP contribution in [0.25, 0.3) is 0 Å². The molecule has 2 amide bonds. The van der Waals surface area contributed by atoms with Crippen LogP contribution in [0.15, 0.2) is 78.9 Å². The number of carbonyl (C=O) groups is 3. The zero-order chi connectivity index (χ0) is 29.6. The van der Waals surface area contributed by atoms with E-state index in [1.54, 1.807) is 12.1 Å². The maximum Gasteiger partial charge on any atom is 0.243 e. The lowest BCUT2D eigenvalue weighted by molar-refractivity contribution is -0.135. The molecule has 3 N–H and O–H groups in total. The van der Waals surface area contributed by atoms with Gasteiger partial charge in [-0.25, -0.2) is 0 Å². The van der Waals surface area contributed by atoms with Gasteiger partial charge in [-0.15, -0.1) is 0 Å². The number of hydrogen-bond donors (Lipinski definition) is 3. The van der Waals surface area contributed by atoms with Crippen molar-refractivity contribution in [2.24, 2.45) is 11.3 Å². The summed E-state index contributed by atoms with van der Waals surface area (Å²) in [5.74, 6) is -1.40. The monoisotopic (exact) mass is 574 g/mol. The maximum atomic E-state index is 14.0. The number of carbonyl (C=O) groups excluding carboxylic acids is 3. The fourth-order valence-electron chi connectivity index (χ4n) is 5.57. The number of nitrogens with one attached hydrogen (secondary N) is 2. The van der Waals surface area contributed by atoms with Crippen molar-refractivity contribution in [3.8, 4) is 5.75 Å². The number of aromatic hydroxyl groups is 1. The van der Waals surface area contributed by atoms with Gasteiger partial charge in [0.1, 0.15) is 11.8 Å². The summed E-state index contributed by atoms with van der Waals surface area (Å²) in [5, 5.41) is 16.1. The summed E-state index contributed by atoms with van der Waals surface area (Å²) in [4.78, 5) is 41.5. The third-order valence-electron chi connectivity index (χ3n) is 7.80. The van der Waals surface area contributed by atoms with E-state index in [0.717, 1.165) is 36.8 Å². The van der Waals surface area contributed by atoms with Crippen molar-refractivity contribution in [3.63, 3.8) is 0 Å². The molecule has 0 aliphatic heterocycles. The van der Waals surface area contributed by atoms with Crippen molar-refractivity contribution in [3.05, 3.63) is 101 Å². The van der Waals surface area contributed by atoms with Crippen molar-refractivity contribution in [1.29, 1.82) is 0 Å². The van der Waals surface area contributed by atoms with Crippen LogP contribution in [0, 0.1) is 11.3 Å². The maximum absolute atomic E-state index is 14.0. The lowest BCUT2D eigenvalue weighted by Crippen LogP contribution is -2.56. The molecule has 216 valence electrons. The van der Waals surface area contributed by atoms with E-state index in [4.69, 9.17) is 11.6 Å². The summed E-state index contributed by atoms with van der Waals surface area (Å²) >= 11 is 6.17. The van der Waals surface area contributed by atoms with E-state index in [9.17, 15) is 19.5 Å². The third-order valence-corrected chi connectivity index (χ3v) is 8.11. The van der Waals surface area contributed by atoms with Crippen LogP contribution in [0.1, 0.15) is 69.1 Å². The minimum Gasteiger partial charge on any atom is -0.506 e. The molecule has 41 heavy (non-hydrogen) atoms. The molecule has 1 aliphatic rings. The van der Waals surface area contributed by atoms with Crippen LogP contribution in [-0.2, 0) is 20.8 Å². The Labute approximate surface area is 247 Å². The molecule has 7 heteroatoms. The Balaban J connectivity index is 1.66. The standard InChI is InChI=1S/C34H39ClN2O4/c1-34(2,3)31(39)30(25-16-10-11-17-25)37-32(40)27(21-22-18-19-28(38)26(35)20-22)36-33(41)29(23-12-6-4-7-13-23)24-14-8-5-9-15-24/h4-9,12-15,18-20,25,27,29-30,38H,10-11,16-17,21H2,1-3H3,(H,36,41)(H,37,40)/t27-,30-/m0/s1. The quantitative estimate of drug-likeness (QED) is 0.269. The number of benzene rings is 3. The Morgan fingerprint density at radius 2 is 1.41 bits per heavy atom. The Hall–Kier alpha value is -3.64. The van der Waals surface area contributed by atoms with E-state index in [-0.39, 0.29) is 34.8 Å².